The molecule has 0 radical (unpaired) electrons. The van der Waals surface area contributed by atoms with Gasteiger partial charge in [-0.25, -0.2) is 0 Å². The first-order valence-corrected chi connectivity index (χ1v) is 15.0. The highest BCUT2D eigenvalue weighted by Gasteiger charge is 2.34. The second-order valence-corrected chi connectivity index (χ2v) is 15.1. The van der Waals surface area contributed by atoms with E-state index in [0.29, 0.717) is 0 Å². The van der Waals surface area contributed by atoms with E-state index < -0.39 is 7.92 Å². The highest BCUT2D eigenvalue weighted by atomic mass is 31.1. The Bertz CT molecular complexity index is 1360. The summed E-state index contributed by atoms with van der Waals surface area (Å²) in [4.78, 5) is 2.28. The number of benzene rings is 4. The summed E-state index contributed by atoms with van der Waals surface area (Å²) >= 11 is 0. The molecular formula is C36H44NP. The SMILES string of the molecule is Cc1cc(C)c(-c2cccc(-c3c(C)cc(C)cc3C)c2P(c2ccccc2N(C)C)C(C)(C)C)c(C)c1. The van der Waals surface area contributed by atoms with Gasteiger partial charge in [0.1, 0.15) is 0 Å². The fraction of sp³-hybridized carbons (Fsp3) is 0.333. The van der Waals surface area contributed by atoms with Gasteiger partial charge in [0.05, 0.1) is 0 Å². The molecule has 0 amide bonds. The van der Waals surface area contributed by atoms with E-state index in [1.807, 2.05) is 0 Å². The molecule has 4 aromatic carbocycles. The first kappa shape index (κ1) is 28.1. The molecule has 1 atom stereocenters. The zero-order valence-electron chi connectivity index (χ0n) is 25.2. The molecule has 0 saturated heterocycles. The first-order chi connectivity index (χ1) is 17.8. The number of aryl methyl sites for hydroxylation is 6. The second-order valence-electron chi connectivity index (χ2n) is 12.1. The molecule has 0 spiro atoms. The summed E-state index contributed by atoms with van der Waals surface area (Å²) in [5.41, 5.74) is 14.9. The van der Waals surface area contributed by atoms with Gasteiger partial charge in [0.25, 0.3) is 0 Å². The van der Waals surface area contributed by atoms with E-state index in [1.54, 1.807) is 0 Å². The van der Waals surface area contributed by atoms with Gasteiger partial charge < -0.3 is 4.90 Å². The molecule has 0 aromatic heterocycles. The Kier molecular flexibility index (Phi) is 7.92. The van der Waals surface area contributed by atoms with Crippen LogP contribution in [0.2, 0.25) is 0 Å². The van der Waals surface area contributed by atoms with Crippen LogP contribution in [-0.4, -0.2) is 19.3 Å². The number of nitrogens with zero attached hydrogens (tertiary/aromatic N) is 1. The monoisotopic (exact) mass is 521 g/mol. The predicted octanol–water partition coefficient (Wildman–Crippen LogP) is 9.17. The van der Waals surface area contributed by atoms with Gasteiger partial charge >= 0.3 is 0 Å². The van der Waals surface area contributed by atoms with Gasteiger partial charge in [-0.3, -0.25) is 0 Å². The lowest BCUT2D eigenvalue weighted by atomic mass is 9.89. The van der Waals surface area contributed by atoms with Gasteiger partial charge in [0.15, 0.2) is 0 Å². The molecule has 0 aliphatic rings. The number of hydrogen-bond acceptors (Lipinski definition) is 1. The average molecular weight is 522 g/mol. The van der Waals surface area contributed by atoms with Crippen molar-refractivity contribution in [1.82, 2.24) is 0 Å². The molecule has 0 aliphatic carbocycles. The van der Waals surface area contributed by atoms with Gasteiger partial charge in [-0.1, -0.05) is 92.6 Å². The summed E-state index contributed by atoms with van der Waals surface area (Å²) in [7, 11) is 3.60. The van der Waals surface area contributed by atoms with Crippen molar-refractivity contribution in [2.45, 2.75) is 67.5 Å². The molecule has 2 heteroatoms. The minimum Gasteiger partial charge on any atom is -0.377 e. The minimum absolute atomic E-state index is 0.0469. The predicted molar refractivity (Wildman–Crippen MR) is 172 cm³/mol. The maximum Gasteiger partial charge on any atom is 0.0442 e. The number of rotatable bonds is 5. The zero-order chi connectivity index (χ0) is 27.9. The van der Waals surface area contributed by atoms with Gasteiger partial charge in [-0.2, -0.15) is 0 Å². The van der Waals surface area contributed by atoms with E-state index in [1.165, 1.54) is 71.9 Å². The van der Waals surface area contributed by atoms with Crippen LogP contribution in [0, 0.1) is 41.5 Å². The highest BCUT2D eigenvalue weighted by Crippen LogP contribution is 2.54. The van der Waals surface area contributed by atoms with Gasteiger partial charge in [-0.05, 0) is 110 Å². The fourth-order valence-electron chi connectivity index (χ4n) is 6.25. The van der Waals surface area contributed by atoms with Crippen LogP contribution in [0.5, 0.6) is 0 Å². The fourth-order valence-corrected chi connectivity index (χ4v) is 9.47. The van der Waals surface area contributed by atoms with Crippen molar-refractivity contribution >= 4 is 24.2 Å². The third-order valence-corrected chi connectivity index (χ3v) is 10.6. The van der Waals surface area contributed by atoms with Gasteiger partial charge in [-0.15, -0.1) is 0 Å². The molecule has 0 bridgehead atoms. The molecule has 38 heavy (non-hydrogen) atoms. The number of para-hydroxylation sites is 1. The van der Waals surface area contributed by atoms with Crippen LogP contribution < -0.4 is 15.5 Å². The summed E-state index contributed by atoms with van der Waals surface area (Å²) in [5, 5.41) is 2.98. The smallest absolute Gasteiger partial charge is 0.0442 e. The van der Waals surface area contributed by atoms with E-state index in [-0.39, 0.29) is 5.16 Å². The third-order valence-electron chi connectivity index (χ3n) is 7.43. The topological polar surface area (TPSA) is 3.24 Å². The lowest BCUT2D eigenvalue weighted by molar-refractivity contribution is 0.793. The van der Waals surface area contributed by atoms with Crippen LogP contribution in [0.4, 0.5) is 5.69 Å². The van der Waals surface area contributed by atoms with Crippen molar-refractivity contribution in [3.8, 4) is 22.3 Å². The summed E-state index contributed by atoms with van der Waals surface area (Å²) in [6.45, 7) is 20.8. The molecule has 198 valence electrons. The summed E-state index contributed by atoms with van der Waals surface area (Å²) in [6, 6.07) is 25.4. The Morgan fingerprint density at radius 1 is 0.579 bits per heavy atom. The largest absolute Gasteiger partial charge is 0.377 e. The van der Waals surface area contributed by atoms with Crippen LogP contribution in [0.3, 0.4) is 0 Å². The van der Waals surface area contributed by atoms with E-state index >= 15 is 0 Å². The highest BCUT2D eigenvalue weighted by molar-refractivity contribution is 7.75. The maximum atomic E-state index is 2.43. The van der Waals surface area contributed by atoms with Crippen molar-refractivity contribution < 1.29 is 0 Å². The summed E-state index contributed by atoms with van der Waals surface area (Å²) in [6.07, 6.45) is 0. The standard InChI is InChI=1S/C36H44NP/c1-23-19-25(3)33(26(4)20-23)29-15-14-16-30(34-27(5)21-24(2)22-28(34)6)35(29)38(36(7,8)9)32-18-13-12-17-31(32)37(10)11/h12-22H,1-11H3. The molecular weight excluding hydrogens is 477 g/mol. The zero-order valence-corrected chi connectivity index (χ0v) is 26.1. The average Bonchev–Trinajstić information content (AvgIpc) is 2.78. The van der Waals surface area contributed by atoms with E-state index in [0.717, 1.165) is 0 Å². The van der Waals surface area contributed by atoms with Gasteiger partial charge in [0.2, 0.25) is 0 Å². The molecule has 0 N–H and O–H groups in total. The number of hydrogen-bond donors (Lipinski definition) is 0. The number of anilines is 1. The van der Waals surface area contributed by atoms with Crippen molar-refractivity contribution in [1.29, 1.82) is 0 Å². The molecule has 1 unspecified atom stereocenters. The van der Waals surface area contributed by atoms with Crippen molar-refractivity contribution in [3.63, 3.8) is 0 Å². The van der Waals surface area contributed by atoms with Crippen LogP contribution in [0.15, 0.2) is 66.7 Å². The maximum absolute atomic E-state index is 2.43. The Labute approximate surface area is 232 Å². The van der Waals surface area contributed by atoms with Crippen molar-refractivity contribution in [3.05, 3.63) is 100 Å². The van der Waals surface area contributed by atoms with E-state index in [9.17, 15) is 0 Å². The van der Waals surface area contributed by atoms with E-state index in [4.69, 9.17) is 0 Å². The summed E-state index contributed by atoms with van der Waals surface area (Å²) < 4.78 is 0. The van der Waals surface area contributed by atoms with Crippen LogP contribution >= 0.6 is 7.92 Å². The molecule has 0 fully saturated rings. The first-order valence-electron chi connectivity index (χ1n) is 13.7. The van der Waals surface area contributed by atoms with Crippen LogP contribution in [0.1, 0.15) is 54.2 Å². The second kappa shape index (κ2) is 10.7. The molecule has 0 heterocycles. The molecule has 4 aromatic rings. The van der Waals surface area contributed by atoms with Crippen molar-refractivity contribution in [2.75, 3.05) is 19.0 Å². The molecule has 1 nitrogen and oxygen atoms in total. The Balaban J connectivity index is 2.22. The van der Waals surface area contributed by atoms with Crippen molar-refractivity contribution in [2.24, 2.45) is 0 Å². The summed E-state index contributed by atoms with van der Waals surface area (Å²) in [5.74, 6) is 0. The molecule has 4 rings (SSSR count). The molecule has 0 saturated carbocycles. The lowest BCUT2D eigenvalue weighted by Crippen LogP contribution is -2.31. The Morgan fingerprint density at radius 2 is 1.00 bits per heavy atom. The molecule has 0 aliphatic heterocycles. The van der Waals surface area contributed by atoms with Gasteiger partial charge in [0, 0.05) is 25.1 Å². The lowest BCUT2D eigenvalue weighted by Gasteiger charge is -2.38. The quantitative estimate of drug-likeness (QED) is 0.237. The third kappa shape index (κ3) is 5.32. The minimum atomic E-state index is -0.741. The van der Waals surface area contributed by atoms with Crippen LogP contribution in [0.25, 0.3) is 22.3 Å². The normalized spacial score (nSPS) is 12.5. The van der Waals surface area contributed by atoms with E-state index in [2.05, 4.69) is 148 Å². The van der Waals surface area contributed by atoms with Crippen LogP contribution in [-0.2, 0) is 0 Å². The Hall–Kier alpha value is -2.89. The Morgan fingerprint density at radius 3 is 1.39 bits per heavy atom.